The number of amides is 1. The standard InChI is InChI=1S/C24H32F2N4O/c1-16-12-18(28-22(31)13-17-7-10-29(2)11-8-17)15-30(14-16)21-6-5-20(24(25)26)23-19(21)4-3-9-27-23/h3-6,9,16-18,24H,7-8,10-15H2,1-2H3,(H,28,31)/t16-,18+/m0/s1. The van der Waals surface area contributed by atoms with Crippen molar-refractivity contribution in [3.05, 3.63) is 36.0 Å². The number of benzene rings is 1. The first-order valence-corrected chi connectivity index (χ1v) is 11.3. The first kappa shape index (κ1) is 21.9. The molecule has 2 aliphatic heterocycles. The molecule has 2 aliphatic rings. The molecule has 1 aromatic carbocycles. The van der Waals surface area contributed by atoms with E-state index in [1.165, 1.54) is 6.07 Å². The first-order valence-electron chi connectivity index (χ1n) is 11.3. The summed E-state index contributed by atoms with van der Waals surface area (Å²) in [6.07, 6.45) is 2.68. The molecule has 0 aliphatic carbocycles. The van der Waals surface area contributed by atoms with E-state index in [1.807, 2.05) is 6.07 Å². The molecule has 0 bridgehead atoms. The van der Waals surface area contributed by atoms with Gasteiger partial charge in [0.15, 0.2) is 0 Å². The van der Waals surface area contributed by atoms with Gasteiger partial charge in [-0.05, 0) is 75.5 Å². The Bertz CT molecular complexity index is 914. The van der Waals surface area contributed by atoms with Crippen LogP contribution in [0, 0.1) is 11.8 Å². The van der Waals surface area contributed by atoms with Crippen molar-refractivity contribution in [2.45, 2.75) is 45.1 Å². The molecule has 0 radical (unpaired) electrons. The molecular weight excluding hydrogens is 398 g/mol. The number of carbonyl (C=O) groups is 1. The third-order valence-corrected chi connectivity index (χ3v) is 6.69. The number of pyridine rings is 1. The SMILES string of the molecule is C[C@H]1C[C@@H](NC(=O)CC2CCN(C)CC2)CN(c2ccc(C(F)F)c3ncccc23)C1. The average molecular weight is 431 g/mol. The van der Waals surface area contributed by atoms with Gasteiger partial charge in [0.05, 0.1) is 5.52 Å². The highest BCUT2D eigenvalue weighted by Gasteiger charge is 2.29. The Hall–Kier alpha value is -2.28. The van der Waals surface area contributed by atoms with Crippen LogP contribution < -0.4 is 10.2 Å². The number of hydrogen-bond donors (Lipinski definition) is 1. The number of carbonyl (C=O) groups excluding carboxylic acids is 1. The lowest BCUT2D eigenvalue weighted by molar-refractivity contribution is -0.123. The molecule has 5 nitrogen and oxygen atoms in total. The van der Waals surface area contributed by atoms with Gasteiger partial charge in [-0.3, -0.25) is 9.78 Å². The summed E-state index contributed by atoms with van der Waals surface area (Å²) in [4.78, 5) is 21.5. The monoisotopic (exact) mass is 430 g/mol. The fourth-order valence-corrected chi connectivity index (χ4v) is 5.10. The lowest BCUT2D eigenvalue weighted by Crippen LogP contribution is -2.51. The number of halogens is 2. The van der Waals surface area contributed by atoms with Crippen LogP contribution in [0.5, 0.6) is 0 Å². The van der Waals surface area contributed by atoms with Gasteiger partial charge in [0.25, 0.3) is 6.43 Å². The topological polar surface area (TPSA) is 48.5 Å². The Balaban J connectivity index is 1.47. The fourth-order valence-electron chi connectivity index (χ4n) is 5.10. The Morgan fingerprint density at radius 2 is 2.00 bits per heavy atom. The van der Waals surface area contributed by atoms with Crippen molar-refractivity contribution in [2.24, 2.45) is 11.8 Å². The highest BCUT2D eigenvalue weighted by molar-refractivity contribution is 5.94. The molecule has 0 unspecified atom stereocenters. The molecule has 2 saturated heterocycles. The van der Waals surface area contributed by atoms with Crippen LogP contribution in [0.2, 0.25) is 0 Å². The molecular formula is C24H32F2N4O. The van der Waals surface area contributed by atoms with Crippen molar-refractivity contribution < 1.29 is 13.6 Å². The number of alkyl halides is 2. The maximum Gasteiger partial charge on any atom is 0.265 e. The number of fused-ring (bicyclic) bond motifs is 1. The van der Waals surface area contributed by atoms with Crippen LogP contribution in [0.4, 0.5) is 14.5 Å². The van der Waals surface area contributed by atoms with E-state index >= 15 is 0 Å². The van der Waals surface area contributed by atoms with Crippen molar-refractivity contribution >= 4 is 22.5 Å². The molecule has 7 heteroatoms. The molecule has 3 heterocycles. The maximum absolute atomic E-state index is 13.4. The summed E-state index contributed by atoms with van der Waals surface area (Å²) in [5, 5.41) is 4.00. The molecule has 31 heavy (non-hydrogen) atoms. The smallest absolute Gasteiger partial charge is 0.265 e. The number of anilines is 1. The number of piperidine rings is 2. The van der Waals surface area contributed by atoms with E-state index in [0.29, 0.717) is 30.3 Å². The van der Waals surface area contributed by atoms with Gasteiger partial charge in [0.2, 0.25) is 5.91 Å². The summed E-state index contributed by atoms with van der Waals surface area (Å²) >= 11 is 0. The van der Waals surface area contributed by atoms with Gasteiger partial charge in [0.1, 0.15) is 0 Å². The lowest BCUT2D eigenvalue weighted by Gasteiger charge is -2.39. The second-order valence-electron chi connectivity index (χ2n) is 9.34. The van der Waals surface area contributed by atoms with E-state index in [0.717, 1.165) is 50.0 Å². The zero-order valence-corrected chi connectivity index (χ0v) is 18.4. The molecule has 2 aromatic rings. The van der Waals surface area contributed by atoms with Crippen LogP contribution in [-0.4, -0.2) is 55.1 Å². The molecule has 2 fully saturated rings. The van der Waals surface area contributed by atoms with Crippen molar-refractivity contribution in [2.75, 3.05) is 38.1 Å². The van der Waals surface area contributed by atoms with Gasteiger partial charge < -0.3 is 15.1 Å². The summed E-state index contributed by atoms with van der Waals surface area (Å²) in [5.41, 5.74) is 1.23. The second kappa shape index (κ2) is 9.47. The lowest BCUT2D eigenvalue weighted by atomic mass is 9.92. The molecule has 4 rings (SSSR count). The highest BCUT2D eigenvalue weighted by Crippen LogP contribution is 2.34. The summed E-state index contributed by atoms with van der Waals surface area (Å²) in [6, 6.07) is 6.97. The number of nitrogens with zero attached hydrogens (tertiary/aromatic N) is 3. The largest absolute Gasteiger partial charge is 0.369 e. The van der Waals surface area contributed by atoms with Gasteiger partial charge in [-0.2, -0.15) is 0 Å². The Kier molecular flexibility index (Phi) is 6.70. The van der Waals surface area contributed by atoms with E-state index in [1.54, 1.807) is 18.3 Å². The van der Waals surface area contributed by atoms with Gasteiger partial charge in [-0.1, -0.05) is 6.92 Å². The van der Waals surface area contributed by atoms with Gasteiger partial charge in [-0.15, -0.1) is 0 Å². The number of nitrogens with one attached hydrogen (secondary N) is 1. The summed E-state index contributed by atoms with van der Waals surface area (Å²) in [6.45, 7) is 5.81. The number of rotatable bonds is 5. The predicted molar refractivity (Wildman–Crippen MR) is 119 cm³/mol. The zero-order chi connectivity index (χ0) is 22.0. The fraction of sp³-hybridized carbons (Fsp3) is 0.583. The van der Waals surface area contributed by atoms with Gasteiger partial charge in [-0.25, -0.2) is 8.78 Å². The predicted octanol–water partition coefficient (Wildman–Crippen LogP) is 4.24. The van der Waals surface area contributed by atoms with Gasteiger partial charge in [0, 0.05) is 48.4 Å². The maximum atomic E-state index is 13.4. The summed E-state index contributed by atoms with van der Waals surface area (Å²) < 4.78 is 26.9. The Morgan fingerprint density at radius 3 is 2.74 bits per heavy atom. The van der Waals surface area contributed by atoms with E-state index in [9.17, 15) is 13.6 Å². The zero-order valence-electron chi connectivity index (χ0n) is 18.4. The molecule has 0 spiro atoms. The van der Waals surface area contributed by atoms with Crippen LogP contribution in [0.1, 0.15) is 44.6 Å². The molecule has 2 atom stereocenters. The van der Waals surface area contributed by atoms with Gasteiger partial charge >= 0.3 is 0 Å². The summed E-state index contributed by atoms with van der Waals surface area (Å²) in [7, 11) is 2.13. The van der Waals surface area contributed by atoms with E-state index < -0.39 is 6.43 Å². The number of aromatic nitrogens is 1. The van der Waals surface area contributed by atoms with Crippen molar-refractivity contribution in [3.63, 3.8) is 0 Å². The first-order chi connectivity index (χ1) is 14.9. The Morgan fingerprint density at radius 1 is 1.23 bits per heavy atom. The van der Waals surface area contributed by atoms with E-state index in [4.69, 9.17) is 0 Å². The molecule has 1 N–H and O–H groups in total. The van der Waals surface area contributed by atoms with Crippen LogP contribution in [0.25, 0.3) is 10.9 Å². The molecule has 168 valence electrons. The number of likely N-dealkylation sites (tertiary alicyclic amines) is 1. The average Bonchev–Trinajstić information content (AvgIpc) is 2.74. The minimum absolute atomic E-state index is 0.0348. The number of hydrogen-bond acceptors (Lipinski definition) is 4. The highest BCUT2D eigenvalue weighted by atomic mass is 19.3. The van der Waals surface area contributed by atoms with Crippen LogP contribution in [0.3, 0.4) is 0 Å². The summed E-state index contributed by atoms with van der Waals surface area (Å²) in [5.74, 6) is 0.988. The minimum atomic E-state index is -2.56. The third-order valence-electron chi connectivity index (χ3n) is 6.69. The van der Waals surface area contributed by atoms with Crippen LogP contribution in [-0.2, 0) is 4.79 Å². The molecule has 1 aromatic heterocycles. The third kappa shape index (κ3) is 5.14. The minimum Gasteiger partial charge on any atom is -0.369 e. The van der Waals surface area contributed by atoms with Crippen molar-refractivity contribution in [1.29, 1.82) is 0 Å². The van der Waals surface area contributed by atoms with Crippen molar-refractivity contribution in [1.82, 2.24) is 15.2 Å². The quantitative estimate of drug-likeness (QED) is 0.771. The normalized spacial score (nSPS) is 23.5. The van der Waals surface area contributed by atoms with E-state index in [2.05, 4.69) is 34.1 Å². The van der Waals surface area contributed by atoms with Crippen LogP contribution in [0.15, 0.2) is 30.5 Å². The van der Waals surface area contributed by atoms with Crippen LogP contribution >= 0.6 is 0 Å². The second-order valence-corrected chi connectivity index (χ2v) is 9.34. The molecule has 1 amide bonds. The van der Waals surface area contributed by atoms with E-state index in [-0.39, 0.29) is 17.5 Å². The Labute approximate surface area is 182 Å². The van der Waals surface area contributed by atoms with Crippen molar-refractivity contribution in [3.8, 4) is 0 Å². The molecule has 0 saturated carbocycles.